The van der Waals surface area contributed by atoms with Gasteiger partial charge in [0, 0.05) is 11.8 Å². The lowest BCUT2D eigenvalue weighted by Gasteiger charge is -2.16. The molecule has 2 aromatic rings. The monoisotopic (exact) mass is 309 g/mol. The largest absolute Gasteiger partial charge is 0.481 e. The van der Waals surface area contributed by atoms with Gasteiger partial charge in [0.25, 0.3) is 5.91 Å². The number of carbonyl (C=O) groups is 1. The SMILES string of the molecule is Cc1ccc(F)cc1NC(=O)C(C)Oc1ccc(F)c(F)c1. The molecule has 1 unspecified atom stereocenters. The van der Waals surface area contributed by atoms with Crippen LogP contribution >= 0.6 is 0 Å². The molecule has 0 spiro atoms. The molecule has 2 rings (SSSR count). The van der Waals surface area contributed by atoms with Crippen molar-refractivity contribution in [1.29, 1.82) is 0 Å². The standard InChI is InChI=1S/C16H14F3NO2/c1-9-3-4-11(17)7-15(9)20-16(21)10(2)22-12-5-6-13(18)14(19)8-12/h3-8,10H,1-2H3,(H,20,21). The van der Waals surface area contributed by atoms with Crippen LogP contribution in [0.5, 0.6) is 5.75 Å². The Morgan fingerprint density at radius 3 is 2.50 bits per heavy atom. The van der Waals surface area contributed by atoms with Crippen molar-refractivity contribution in [3.8, 4) is 5.75 Å². The van der Waals surface area contributed by atoms with E-state index in [9.17, 15) is 18.0 Å². The third-order valence-corrected chi connectivity index (χ3v) is 3.03. The average Bonchev–Trinajstić information content (AvgIpc) is 2.46. The highest BCUT2D eigenvalue weighted by atomic mass is 19.2. The number of rotatable bonds is 4. The number of benzene rings is 2. The highest BCUT2D eigenvalue weighted by Gasteiger charge is 2.17. The molecule has 0 aliphatic heterocycles. The van der Waals surface area contributed by atoms with Crippen molar-refractivity contribution < 1.29 is 22.7 Å². The van der Waals surface area contributed by atoms with Crippen molar-refractivity contribution in [2.75, 3.05) is 5.32 Å². The first-order valence-electron chi connectivity index (χ1n) is 6.55. The van der Waals surface area contributed by atoms with Crippen LogP contribution in [0.2, 0.25) is 0 Å². The van der Waals surface area contributed by atoms with E-state index in [2.05, 4.69) is 5.32 Å². The molecule has 116 valence electrons. The second-order valence-corrected chi connectivity index (χ2v) is 4.78. The summed E-state index contributed by atoms with van der Waals surface area (Å²) in [5, 5.41) is 2.53. The summed E-state index contributed by atoms with van der Waals surface area (Å²) in [6, 6.07) is 6.99. The predicted octanol–water partition coefficient (Wildman–Crippen LogP) is 3.82. The summed E-state index contributed by atoms with van der Waals surface area (Å²) in [4.78, 5) is 12.0. The van der Waals surface area contributed by atoms with Crippen molar-refractivity contribution in [2.24, 2.45) is 0 Å². The molecular formula is C16H14F3NO2. The van der Waals surface area contributed by atoms with Gasteiger partial charge in [-0.3, -0.25) is 4.79 Å². The Bertz CT molecular complexity index is 704. The minimum Gasteiger partial charge on any atom is -0.481 e. The normalized spacial score (nSPS) is 11.9. The molecule has 1 N–H and O–H groups in total. The molecule has 0 heterocycles. The third kappa shape index (κ3) is 3.78. The van der Waals surface area contributed by atoms with Crippen molar-refractivity contribution in [1.82, 2.24) is 0 Å². The lowest BCUT2D eigenvalue weighted by Crippen LogP contribution is -2.30. The zero-order chi connectivity index (χ0) is 16.3. The van der Waals surface area contributed by atoms with Gasteiger partial charge >= 0.3 is 0 Å². The van der Waals surface area contributed by atoms with Crippen LogP contribution in [-0.4, -0.2) is 12.0 Å². The average molecular weight is 309 g/mol. The molecule has 0 fully saturated rings. The smallest absolute Gasteiger partial charge is 0.265 e. The molecule has 6 heteroatoms. The summed E-state index contributed by atoms with van der Waals surface area (Å²) in [5.41, 5.74) is 1.01. The molecule has 0 bridgehead atoms. The fraction of sp³-hybridized carbons (Fsp3) is 0.188. The molecule has 2 aromatic carbocycles. The van der Waals surface area contributed by atoms with Gasteiger partial charge in [0.05, 0.1) is 0 Å². The first kappa shape index (κ1) is 15.9. The van der Waals surface area contributed by atoms with E-state index in [0.717, 1.165) is 12.1 Å². The van der Waals surface area contributed by atoms with E-state index in [1.165, 1.54) is 31.2 Å². The maximum atomic E-state index is 13.2. The Labute approximate surface area is 125 Å². The Morgan fingerprint density at radius 2 is 1.82 bits per heavy atom. The van der Waals surface area contributed by atoms with Crippen molar-refractivity contribution in [2.45, 2.75) is 20.0 Å². The molecular weight excluding hydrogens is 295 g/mol. The Kier molecular flexibility index (Phi) is 4.70. The van der Waals surface area contributed by atoms with E-state index in [4.69, 9.17) is 4.74 Å². The number of carbonyl (C=O) groups excluding carboxylic acids is 1. The Hall–Kier alpha value is -2.50. The summed E-state index contributed by atoms with van der Waals surface area (Å²) in [5.74, 6) is -3.04. The minimum atomic E-state index is -1.06. The summed E-state index contributed by atoms with van der Waals surface area (Å²) in [6.45, 7) is 3.17. The fourth-order valence-corrected chi connectivity index (χ4v) is 1.77. The van der Waals surface area contributed by atoms with Crippen LogP contribution in [0.15, 0.2) is 36.4 Å². The second kappa shape index (κ2) is 6.51. The first-order valence-corrected chi connectivity index (χ1v) is 6.55. The molecule has 22 heavy (non-hydrogen) atoms. The summed E-state index contributed by atoms with van der Waals surface area (Å²) in [6.07, 6.45) is -0.965. The van der Waals surface area contributed by atoms with E-state index in [-0.39, 0.29) is 5.75 Å². The molecule has 0 saturated carbocycles. The summed E-state index contributed by atoms with van der Waals surface area (Å²) < 4.78 is 44.3. The number of anilines is 1. The zero-order valence-electron chi connectivity index (χ0n) is 12.0. The van der Waals surface area contributed by atoms with Gasteiger partial charge in [0.1, 0.15) is 11.6 Å². The fourth-order valence-electron chi connectivity index (χ4n) is 1.77. The van der Waals surface area contributed by atoms with Crippen LogP contribution in [0.1, 0.15) is 12.5 Å². The molecule has 1 amide bonds. The molecule has 3 nitrogen and oxygen atoms in total. The van der Waals surface area contributed by atoms with Crippen LogP contribution in [0, 0.1) is 24.4 Å². The second-order valence-electron chi connectivity index (χ2n) is 4.78. The van der Waals surface area contributed by atoms with Gasteiger partial charge in [-0.15, -0.1) is 0 Å². The van der Waals surface area contributed by atoms with E-state index in [1.807, 2.05) is 0 Å². The predicted molar refractivity (Wildman–Crippen MR) is 76.2 cm³/mol. The van der Waals surface area contributed by atoms with Gasteiger partial charge in [-0.1, -0.05) is 6.07 Å². The number of aryl methyl sites for hydroxylation is 1. The number of amides is 1. The number of halogens is 3. The molecule has 0 saturated heterocycles. The van der Waals surface area contributed by atoms with E-state index < -0.39 is 29.5 Å². The van der Waals surface area contributed by atoms with Crippen LogP contribution in [0.25, 0.3) is 0 Å². The quantitative estimate of drug-likeness (QED) is 0.932. The topological polar surface area (TPSA) is 38.3 Å². The molecule has 0 aliphatic rings. The van der Waals surface area contributed by atoms with E-state index in [1.54, 1.807) is 6.92 Å². The number of hydrogen-bond donors (Lipinski definition) is 1. The third-order valence-electron chi connectivity index (χ3n) is 3.03. The molecule has 0 radical (unpaired) electrons. The summed E-state index contributed by atoms with van der Waals surface area (Å²) in [7, 11) is 0. The van der Waals surface area contributed by atoms with Crippen LogP contribution in [0.3, 0.4) is 0 Å². The van der Waals surface area contributed by atoms with Crippen LogP contribution < -0.4 is 10.1 Å². The lowest BCUT2D eigenvalue weighted by molar-refractivity contribution is -0.122. The number of nitrogens with one attached hydrogen (secondary N) is 1. The van der Waals surface area contributed by atoms with Gasteiger partial charge < -0.3 is 10.1 Å². The highest BCUT2D eigenvalue weighted by molar-refractivity contribution is 5.94. The van der Waals surface area contributed by atoms with Crippen LogP contribution in [-0.2, 0) is 4.79 Å². The zero-order valence-corrected chi connectivity index (χ0v) is 12.0. The number of hydrogen-bond acceptors (Lipinski definition) is 2. The van der Waals surface area contributed by atoms with Gasteiger partial charge in [-0.2, -0.15) is 0 Å². The van der Waals surface area contributed by atoms with Gasteiger partial charge in [0.15, 0.2) is 17.7 Å². The van der Waals surface area contributed by atoms with E-state index >= 15 is 0 Å². The maximum Gasteiger partial charge on any atom is 0.265 e. The summed E-state index contributed by atoms with van der Waals surface area (Å²) >= 11 is 0. The van der Waals surface area contributed by atoms with Gasteiger partial charge in [0.2, 0.25) is 0 Å². The Balaban J connectivity index is 2.05. The van der Waals surface area contributed by atoms with Crippen LogP contribution in [0.4, 0.5) is 18.9 Å². The maximum absolute atomic E-state index is 13.2. The van der Waals surface area contributed by atoms with Gasteiger partial charge in [-0.25, -0.2) is 13.2 Å². The first-order chi connectivity index (χ1) is 10.4. The molecule has 1 atom stereocenters. The van der Waals surface area contributed by atoms with Crippen molar-refractivity contribution >= 4 is 11.6 Å². The Morgan fingerprint density at radius 1 is 1.09 bits per heavy atom. The minimum absolute atomic E-state index is 0.0255. The molecule has 0 aliphatic carbocycles. The van der Waals surface area contributed by atoms with Gasteiger partial charge in [-0.05, 0) is 43.7 Å². The lowest BCUT2D eigenvalue weighted by atomic mass is 10.2. The molecule has 0 aromatic heterocycles. The van der Waals surface area contributed by atoms with E-state index in [0.29, 0.717) is 11.3 Å². The van der Waals surface area contributed by atoms with Crippen molar-refractivity contribution in [3.05, 3.63) is 59.4 Å². The van der Waals surface area contributed by atoms with Crippen molar-refractivity contribution in [3.63, 3.8) is 0 Å². The number of ether oxygens (including phenoxy) is 1. The highest BCUT2D eigenvalue weighted by Crippen LogP contribution is 2.19.